The number of carbonyl (C=O) groups is 1. The predicted molar refractivity (Wildman–Crippen MR) is 129 cm³/mol. The first-order valence-corrected chi connectivity index (χ1v) is 11.3. The van der Waals surface area contributed by atoms with Gasteiger partial charge in [0.2, 0.25) is 5.95 Å². The molecule has 9 heteroatoms. The molecule has 32 heavy (non-hydrogen) atoms. The number of nitrogens with two attached hydrogens (primary N) is 1. The lowest BCUT2D eigenvalue weighted by Crippen LogP contribution is -2.12. The summed E-state index contributed by atoms with van der Waals surface area (Å²) in [4.78, 5) is 16.5. The SMILES string of the molecule is CC.CC(Oc1cc(-n2cnc(Nc3ccccc3)n2)sc1C(N)=O)c1ccccc1Cl. The zero-order valence-corrected chi connectivity index (χ0v) is 19.5. The van der Waals surface area contributed by atoms with E-state index in [0.717, 1.165) is 11.3 Å². The molecule has 0 spiro atoms. The normalized spacial score (nSPS) is 11.2. The third-order valence-electron chi connectivity index (χ3n) is 4.30. The van der Waals surface area contributed by atoms with Gasteiger partial charge in [-0.15, -0.1) is 16.4 Å². The number of thiophene rings is 1. The van der Waals surface area contributed by atoms with Gasteiger partial charge in [-0.25, -0.2) is 4.68 Å². The summed E-state index contributed by atoms with van der Waals surface area (Å²) in [5.41, 5.74) is 7.25. The summed E-state index contributed by atoms with van der Waals surface area (Å²) in [5.74, 6) is 0.237. The van der Waals surface area contributed by atoms with E-state index in [1.165, 1.54) is 11.3 Å². The Morgan fingerprint density at radius 1 is 1.16 bits per heavy atom. The first-order valence-electron chi connectivity index (χ1n) is 10.1. The number of aromatic nitrogens is 3. The maximum atomic E-state index is 12.0. The fraction of sp³-hybridized carbons (Fsp3) is 0.174. The van der Waals surface area contributed by atoms with Crippen LogP contribution in [0.1, 0.15) is 42.1 Å². The average molecular weight is 470 g/mol. The van der Waals surface area contributed by atoms with Gasteiger partial charge in [-0.3, -0.25) is 4.79 Å². The zero-order valence-electron chi connectivity index (χ0n) is 17.9. The number of carbonyl (C=O) groups excluding carboxylic acids is 1. The number of para-hydroxylation sites is 1. The van der Waals surface area contributed by atoms with Gasteiger partial charge in [-0.05, 0) is 25.1 Å². The van der Waals surface area contributed by atoms with Crippen LogP contribution in [-0.2, 0) is 0 Å². The van der Waals surface area contributed by atoms with Crippen molar-refractivity contribution in [1.29, 1.82) is 0 Å². The molecule has 166 valence electrons. The summed E-state index contributed by atoms with van der Waals surface area (Å²) in [6.45, 7) is 5.86. The molecule has 0 aliphatic heterocycles. The topological polar surface area (TPSA) is 95.1 Å². The molecule has 0 saturated carbocycles. The van der Waals surface area contributed by atoms with Gasteiger partial charge in [0.25, 0.3) is 5.91 Å². The van der Waals surface area contributed by atoms with E-state index < -0.39 is 5.91 Å². The Morgan fingerprint density at radius 3 is 2.53 bits per heavy atom. The molecule has 4 rings (SSSR count). The first-order chi connectivity index (χ1) is 15.5. The third kappa shape index (κ3) is 5.46. The monoisotopic (exact) mass is 469 g/mol. The van der Waals surface area contributed by atoms with Crippen molar-refractivity contribution in [2.45, 2.75) is 26.9 Å². The van der Waals surface area contributed by atoms with Crippen molar-refractivity contribution in [2.75, 3.05) is 5.32 Å². The molecule has 1 unspecified atom stereocenters. The Bertz CT molecular complexity index is 1180. The number of nitrogens with one attached hydrogen (secondary N) is 1. The number of benzene rings is 2. The van der Waals surface area contributed by atoms with E-state index in [1.807, 2.05) is 69.3 Å². The minimum Gasteiger partial charge on any atom is -0.484 e. The third-order valence-corrected chi connectivity index (χ3v) is 5.77. The van der Waals surface area contributed by atoms with Crippen molar-refractivity contribution in [3.63, 3.8) is 0 Å². The predicted octanol–water partition coefficient (Wildman–Crippen LogP) is 5.99. The smallest absolute Gasteiger partial charge is 0.262 e. The second kappa shape index (κ2) is 10.8. The molecule has 0 aliphatic carbocycles. The highest BCUT2D eigenvalue weighted by atomic mass is 35.5. The Morgan fingerprint density at radius 2 is 1.84 bits per heavy atom. The van der Waals surface area contributed by atoms with Gasteiger partial charge in [0.15, 0.2) is 0 Å². The van der Waals surface area contributed by atoms with Crippen LogP contribution in [0.15, 0.2) is 67.0 Å². The summed E-state index contributed by atoms with van der Waals surface area (Å²) in [6.07, 6.45) is 1.19. The highest BCUT2D eigenvalue weighted by molar-refractivity contribution is 7.16. The van der Waals surface area contributed by atoms with Crippen molar-refractivity contribution >= 4 is 40.5 Å². The lowest BCUT2D eigenvalue weighted by molar-refractivity contribution is 0.0998. The number of amides is 1. The minimum absolute atomic E-state index is 0.303. The van der Waals surface area contributed by atoms with Crippen molar-refractivity contribution < 1.29 is 9.53 Å². The largest absolute Gasteiger partial charge is 0.484 e. The highest BCUT2D eigenvalue weighted by Gasteiger charge is 2.20. The van der Waals surface area contributed by atoms with Crippen LogP contribution in [0.25, 0.3) is 5.00 Å². The summed E-state index contributed by atoms with van der Waals surface area (Å²) in [6, 6.07) is 18.7. The van der Waals surface area contributed by atoms with Gasteiger partial charge in [0.1, 0.15) is 28.1 Å². The Balaban J connectivity index is 0.00000141. The van der Waals surface area contributed by atoms with Gasteiger partial charge < -0.3 is 15.8 Å². The molecular formula is C23H24ClN5O2S. The molecule has 1 atom stereocenters. The lowest BCUT2D eigenvalue weighted by atomic mass is 10.1. The van der Waals surface area contributed by atoms with Crippen LogP contribution in [0.2, 0.25) is 5.02 Å². The number of primary amides is 1. The van der Waals surface area contributed by atoms with E-state index in [1.54, 1.807) is 23.1 Å². The summed E-state index contributed by atoms with van der Waals surface area (Å²) in [7, 11) is 0. The van der Waals surface area contributed by atoms with E-state index in [2.05, 4.69) is 15.4 Å². The van der Waals surface area contributed by atoms with Crippen LogP contribution in [0.5, 0.6) is 5.75 Å². The maximum Gasteiger partial charge on any atom is 0.262 e. The van der Waals surface area contributed by atoms with Gasteiger partial charge in [-0.2, -0.15) is 4.98 Å². The van der Waals surface area contributed by atoms with Crippen LogP contribution >= 0.6 is 22.9 Å². The second-order valence-electron chi connectivity index (χ2n) is 6.43. The Labute approximate surface area is 195 Å². The fourth-order valence-corrected chi connectivity index (χ4v) is 4.02. The number of anilines is 2. The number of rotatable bonds is 7. The Kier molecular flexibility index (Phi) is 7.86. The van der Waals surface area contributed by atoms with Gasteiger partial charge >= 0.3 is 0 Å². The fourth-order valence-electron chi connectivity index (χ4n) is 2.87. The standard InChI is InChI=1S/C21H18ClN5O2S.C2H6/c1-13(15-9-5-6-10-16(15)22)29-17-11-18(30-19(17)20(23)28)27-12-24-21(26-27)25-14-7-3-2-4-8-14;1-2/h2-13H,1H3,(H2,23,28)(H,25,26);1-2H3. The highest BCUT2D eigenvalue weighted by Crippen LogP contribution is 2.35. The number of ether oxygens (including phenoxy) is 1. The molecule has 2 aromatic carbocycles. The number of nitrogens with zero attached hydrogens (tertiary/aromatic N) is 3. The zero-order chi connectivity index (χ0) is 23.1. The summed E-state index contributed by atoms with van der Waals surface area (Å²) >= 11 is 7.44. The number of hydrogen-bond acceptors (Lipinski definition) is 6. The van der Waals surface area contributed by atoms with E-state index in [-0.39, 0.29) is 6.10 Å². The van der Waals surface area contributed by atoms with Crippen LogP contribution in [-0.4, -0.2) is 20.7 Å². The molecule has 3 N–H and O–H groups in total. The molecule has 2 heterocycles. The molecular weight excluding hydrogens is 446 g/mol. The van der Waals surface area contributed by atoms with Crippen LogP contribution in [0.3, 0.4) is 0 Å². The molecule has 2 aromatic heterocycles. The molecule has 0 bridgehead atoms. The quantitative estimate of drug-likeness (QED) is 0.346. The summed E-state index contributed by atoms with van der Waals surface area (Å²) in [5, 5.41) is 8.78. The minimum atomic E-state index is -0.574. The average Bonchev–Trinajstić information content (AvgIpc) is 3.43. The van der Waals surface area contributed by atoms with Crippen molar-refractivity contribution in [2.24, 2.45) is 5.73 Å². The van der Waals surface area contributed by atoms with E-state index in [4.69, 9.17) is 22.1 Å². The van der Waals surface area contributed by atoms with Crippen LogP contribution in [0.4, 0.5) is 11.6 Å². The van der Waals surface area contributed by atoms with Gasteiger partial charge in [-0.1, -0.05) is 61.8 Å². The molecule has 0 saturated heterocycles. The van der Waals surface area contributed by atoms with Crippen molar-refractivity contribution in [1.82, 2.24) is 14.8 Å². The van der Waals surface area contributed by atoms with Crippen LogP contribution < -0.4 is 15.8 Å². The maximum absolute atomic E-state index is 12.0. The van der Waals surface area contributed by atoms with E-state index >= 15 is 0 Å². The van der Waals surface area contributed by atoms with Crippen LogP contribution in [0, 0.1) is 0 Å². The van der Waals surface area contributed by atoms with Gasteiger partial charge in [0.05, 0.1) is 0 Å². The molecule has 0 fully saturated rings. The first kappa shape index (κ1) is 23.3. The van der Waals surface area contributed by atoms with E-state index in [9.17, 15) is 4.79 Å². The second-order valence-corrected chi connectivity index (χ2v) is 7.87. The van der Waals surface area contributed by atoms with Crippen molar-refractivity contribution in [3.8, 4) is 10.8 Å². The number of halogens is 1. The molecule has 1 amide bonds. The molecule has 0 radical (unpaired) electrons. The molecule has 7 nitrogen and oxygen atoms in total. The Hall–Kier alpha value is -3.36. The van der Waals surface area contributed by atoms with Gasteiger partial charge in [0, 0.05) is 22.3 Å². The molecule has 4 aromatic rings. The van der Waals surface area contributed by atoms with Crippen molar-refractivity contribution in [3.05, 3.63) is 82.5 Å². The molecule has 0 aliphatic rings. The number of hydrogen-bond donors (Lipinski definition) is 2. The summed E-state index contributed by atoms with van der Waals surface area (Å²) < 4.78 is 7.59. The van der Waals surface area contributed by atoms with E-state index in [0.29, 0.717) is 26.6 Å². The lowest BCUT2D eigenvalue weighted by Gasteiger charge is -2.16.